The van der Waals surface area contributed by atoms with E-state index in [4.69, 9.17) is 0 Å². The molecule has 0 bridgehead atoms. The number of ketones is 1. The van der Waals surface area contributed by atoms with Crippen LogP contribution in [0.2, 0.25) is 0 Å². The predicted octanol–water partition coefficient (Wildman–Crippen LogP) is 6.23. The molecule has 0 spiro atoms. The summed E-state index contributed by atoms with van der Waals surface area (Å²) < 4.78 is 1.91. The van der Waals surface area contributed by atoms with E-state index in [9.17, 15) is 15.0 Å². The zero-order valence-electron chi connectivity index (χ0n) is 19.2. The smallest absolute Gasteiger partial charge is 0.164 e. The molecular weight excluding hydrogens is 581 g/mol. The van der Waals surface area contributed by atoms with Crippen LogP contribution in [0.5, 0.6) is 5.75 Å². The molecule has 2 aromatic heterocycles. The van der Waals surface area contributed by atoms with Crippen molar-refractivity contribution in [3.63, 3.8) is 0 Å². The Morgan fingerprint density at radius 3 is 2.34 bits per heavy atom. The maximum Gasteiger partial charge on any atom is 0.164 e. The van der Waals surface area contributed by atoms with Gasteiger partial charge in [0.15, 0.2) is 5.78 Å². The molecule has 0 unspecified atom stereocenters. The Labute approximate surface area is 202 Å². The first kappa shape index (κ1) is 25.6. The van der Waals surface area contributed by atoms with Crippen LogP contribution in [-0.4, -0.2) is 25.4 Å². The van der Waals surface area contributed by atoms with E-state index in [-0.39, 0.29) is 42.8 Å². The Balaban J connectivity index is 0.000000234. The third-order valence-corrected chi connectivity index (χ3v) is 4.98. The zero-order valence-corrected chi connectivity index (χ0v) is 21.6. The zero-order chi connectivity index (χ0) is 23.0. The Kier molecular flexibility index (Phi) is 7.54. The Hall–Kier alpha value is -2.69. The second-order valence-corrected chi connectivity index (χ2v) is 9.66. The number of aliphatic hydroxyl groups excluding tert-OH is 1. The summed E-state index contributed by atoms with van der Waals surface area (Å²) in [5, 5.41) is 21.6. The van der Waals surface area contributed by atoms with Crippen molar-refractivity contribution in [2.24, 2.45) is 10.8 Å². The van der Waals surface area contributed by atoms with Gasteiger partial charge in [-0.3, -0.25) is 9.78 Å². The molecule has 0 saturated heterocycles. The topological polar surface area (TPSA) is 74.8 Å². The number of phenols is 1. The van der Waals surface area contributed by atoms with Crippen molar-refractivity contribution in [1.82, 2.24) is 9.38 Å². The summed E-state index contributed by atoms with van der Waals surface area (Å²) in [4.78, 5) is 16.1. The van der Waals surface area contributed by atoms with Gasteiger partial charge in [0.05, 0.1) is 11.2 Å². The van der Waals surface area contributed by atoms with Crippen LogP contribution < -0.4 is 0 Å². The number of allylic oxidation sites excluding steroid dienone is 2. The molecular formula is C26H29IrN2O3-. The average Bonchev–Trinajstić information content (AvgIpc) is 3.07. The van der Waals surface area contributed by atoms with Gasteiger partial charge in [0.2, 0.25) is 0 Å². The number of rotatable bonds is 1. The summed E-state index contributed by atoms with van der Waals surface area (Å²) >= 11 is 0. The molecule has 6 heteroatoms. The van der Waals surface area contributed by atoms with Crippen molar-refractivity contribution in [2.75, 3.05) is 0 Å². The van der Waals surface area contributed by atoms with Gasteiger partial charge in [0, 0.05) is 37.0 Å². The molecule has 2 N–H and O–H groups in total. The molecule has 4 aromatic rings. The van der Waals surface area contributed by atoms with Crippen LogP contribution in [0.15, 0.2) is 60.5 Å². The number of aliphatic hydroxyl groups is 1. The van der Waals surface area contributed by atoms with E-state index in [2.05, 4.69) is 11.1 Å². The van der Waals surface area contributed by atoms with Crippen molar-refractivity contribution in [1.29, 1.82) is 0 Å². The number of benzene rings is 2. The van der Waals surface area contributed by atoms with Crippen LogP contribution in [0.25, 0.3) is 27.5 Å². The number of aromatic hydroxyl groups is 1. The minimum Gasteiger partial charge on any atom is -0.512 e. The minimum absolute atomic E-state index is 0. The van der Waals surface area contributed by atoms with Gasteiger partial charge < -0.3 is 14.6 Å². The Morgan fingerprint density at radius 1 is 1.03 bits per heavy atom. The van der Waals surface area contributed by atoms with Gasteiger partial charge in [-0.2, -0.15) is 0 Å². The van der Waals surface area contributed by atoms with Gasteiger partial charge in [-0.15, -0.1) is 35.0 Å². The number of aromatic nitrogens is 2. The Morgan fingerprint density at radius 2 is 1.72 bits per heavy atom. The molecule has 2 heterocycles. The largest absolute Gasteiger partial charge is 0.512 e. The fraction of sp³-hybridized carbons (Fsp3) is 0.308. The van der Waals surface area contributed by atoms with Gasteiger partial charge in [-0.05, 0) is 18.3 Å². The van der Waals surface area contributed by atoms with Crippen LogP contribution in [0.3, 0.4) is 0 Å². The van der Waals surface area contributed by atoms with Crippen molar-refractivity contribution >= 4 is 33.2 Å². The van der Waals surface area contributed by atoms with E-state index in [1.54, 1.807) is 12.1 Å². The maximum absolute atomic E-state index is 11.5. The fourth-order valence-electron chi connectivity index (χ4n) is 2.95. The summed E-state index contributed by atoms with van der Waals surface area (Å²) in [6.45, 7) is 11.1. The predicted molar refractivity (Wildman–Crippen MR) is 125 cm³/mol. The number of carbonyl (C=O) groups is 1. The SMILES string of the molecule is CC(C)(C)C(=O)C=C(O)C(C)(C)C.Oc1cccc2nc3c4[c-]cccc4ccn3c12.[Ir]. The third kappa shape index (κ3) is 5.37. The molecule has 0 atom stereocenters. The van der Waals surface area contributed by atoms with Crippen LogP contribution in [0, 0.1) is 16.9 Å². The van der Waals surface area contributed by atoms with Crippen LogP contribution >= 0.6 is 0 Å². The number of para-hydroxylation sites is 1. The van der Waals surface area contributed by atoms with Crippen molar-refractivity contribution in [3.8, 4) is 5.75 Å². The number of imidazole rings is 1. The molecule has 0 amide bonds. The molecule has 0 fully saturated rings. The van der Waals surface area contributed by atoms with Crippen molar-refractivity contribution in [3.05, 3.63) is 66.6 Å². The van der Waals surface area contributed by atoms with E-state index >= 15 is 0 Å². The van der Waals surface area contributed by atoms with E-state index in [1.807, 2.05) is 82.5 Å². The number of fused-ring (bicyclic) bond motifs is 5. The van der Waals surface area contributed by atoms with Crippen LogP contribution in [-0.2, 0) is 24.9 Å². The van der Waals surface area contributed by atoms with Gasteiger partial charge in [0.25, 0.3) is 0 Å². The van der Waals surface area contributed by atoms with Gasteiger partial charge in [0.1, 0.15) is 17.0 Å². The van der Waals surface area contributed by atoms with E-state index in [1.165, 1.54) is 6.08 Å². The standard InChI is InChI=1S/C15H9N2O.C11H20O2.Ir/c18-13-7-3-6-12-14(13)17-9-8-10-4-1-2-5-11(10)15(17)16-12;1-10(2,3)8(12)7-9(13)11(4,5)6;/h1-4,6-9,18H;7,12H,1-6H3;/q-1;;. The molecule has 171 valence electrons. The number of carbonyl (C=O) groups excluding carboxylic acids is 1. The Bertz CT molecular complexity index is 1290. The first-order valence-corrected chi connectivity index (χ1v) is 10.2. The van der Waals surface area contributed by atoms with E-state index < -0.39 is 5.41 Å². The molecule has 0 aliphatic carbocycles. The molecule has 4 rings (SSSR count). The monoisotopic (exact) mass is 610 g/mol. The molecule has 0 aliphatic rings. The minimum atomic E-state index is -0.417. The third-order valence-electron chi connectivity index (χ3n) is 4.98. The average molecular weight is 610 g/mol. The van der Waals surface area contributed by atoms with Gasteiger partial charge in [-0.1, -0.05) is 53.7 Å². The molecule has 32 heavy (non-hydrogen) atoms. The molecule has 2 aromatic carbocycles. The van der Waals surface area contributed by atoms with E-state index in [0.29, 0.717) is 0 Å². The summed E-state index contributed by atoms with van der Waals surface area (Å²) in [7, 11) is 0. The molecule has 5 nitrogen and oxygen atoms in total. The number of hydrogen-bond donors (Lipinski definition) is 2. The number of phenolic OH excluding ortho intramolecular Hbond substituents is 1. The summed E-state index contributed by atoms with van der Waals surface area (Å²) in [6.07, 6.45) is 3.26. The van der Waals surface area contributed by atoms with E-state index in [0.717, 1.165) is 27.5 Å². The van der Waals surface area contributed by atoms with Crippen LogP contribution in [0.1, 0.15) is 41.5 Å². The van der Waals surface area contributed by atoms with Crippen LogP contribution in [0.4, 0.5) is 0 Å². The maximum atomic E-state index is 11.5. The van der Waals surface area contributed by atoms with Crippen molar-refractivity contribution in [2.45, 2.75) is 41.5 Å². The first-order valence-electron chi connectivity index (χ1n) is 10.2. The van der Waals surface area contributed by atoms with Gasteiger partial charge in [-0.25, -0.2) is 0 Å². The molecule has 0 saturated carbocycles. The molecule has 1 radical (unpaired) electrons. The molecule has 0 aliphatic heterocycles. The van der Waals surface area contributed by atoms with Crippen molar-refractivity contribution < 1.29 is 35.1 Å². The number of nitrogens with zero attached hydrogens (tertiary/aromatic N) is 2. The summed E-state index contributed by atoms with van der Waals surface area (Å²) in [5.74, 6) is 0.350. The first-order chi connectivity index (χ1) is 14.4. The summed E-state index contributed by atoms with van der Waals surface area (Å²) in [6, 6.07) is 16.5. The number of hydrogen-bond acceptors (Lipinski definition) is 4. The number of pyridine rings is 1. The van der Waals surface area contributed by atoms with Gasteiger partial charge >= 0.3 is 0 Å². The second-order valence-electron chi connectivity index (χ2n) is 9.66. The normalized spacial score (nSPS) is 12.4. The summed E-state index contributed by atoms with van der Waals surface area (Å²) in [5.41, 5.74) is 1.59. The fourth-order valence-corrected chi connectivity index (χ4v) is 2.95. The second kappa shape index (κ2) is 9.43. The quantitative estimate of drug-likeness (QED) is 0.152.